The number of rotatable bonds is 3. The highest BCUT2D eigenvalue weighted by Crippen LogP contribution is 2.42. The van der Waals surface area contributed by atoms with E-state index in [1.54, 1.807) is 14.0 Å². The number of aliphatic hydroxyl groups excluding tert-OH is 1. The second-order valence-electron chi connectivity index (χ2n) is 4.31. The van der Waals surface area contributed by atoms with Crippen LogP contribution in [0.4, 0.5) is 0 Å². The van der Waals surface area contributed by atoms with Crippen LogP contribution in [-0.4, -0.2) is 52.4 Å². The van der Waals surface area contributed by atoms with Crippen LogP contribution in [-0.2, 0) is 9.59 Å². The van der Waals surface area contributed by atoms with Gasteiger partial charge in [0.15, 0.2) is 0 Å². The zero-order valence-corrected chi connectivity index (χ0v) is 9.62. The molecule has 6 heteroatoms. The number of β-lactam (4-membered cyclic amide) rings is 1. The Kier molecular flexibility index (Phi) is 2.74. The SMILES string of the molecule is CN=CC1=C(C(=O)O)N2C(=O)[C@H]([C@@H](C)O)[C@H]2C1. The summed E-state index contributed by atoms with van der Waals surface area (Å²) in [5.74, 6) is -1.94. The fourth-order valence-corrected chi connectivity index (χ4v) is 2.58. The Labute approximate surface area is 98.3 Å². The van der Waals surface area contributed by atoms with Gasteiger partial charge in [0.25, 0.3) is 0 Å². The van der Waals surface area contributed by atoms with Gasteiger partial charge in [-0.2, -0.15) is 0 Å². The molecule has 2 rings (SSSR count). The van der Waals surface area contributed by atoms with Gasteiger partial charge in [0.05, 0.1) is 18.1 Å². The van der Waals surface area contributed by atoms with Gasteiger partial charge in [-0.1, -0.05) is 0 Å². The van der Waals surface area contributed by atoms with Gasteiger partial charge < -0.3 is 15.1 Å². The predicted molar refractivity (Wildman–Crippen MR) is 59.5 cm³/mol. The fraction of sp³-hybridized carbons (Fsp3) is 0.545. The third-order valence-electron chi connectivity index (χ3n) is 3.25. The Bertz CT molecular complexity index is 439. The minimum atomic E-state index is -1.13. The first-order valence-electron chi connectivity index (χ1n) is 5.38. The lowest BCUT2D eigenvalue weighted by Crippen LogP contribution is -2.61. The monoisotopic (exact) mass is 238 g/mol. The quantitative estimate of drug-likeness (QED) is 0.519. The first-order valence-corrected chi connectivity index (χ1v) is 5.38. The van der Waals surface area contributed by atoms with Gasteiger partial charge in [-0.15, -0.1) is 0 Å². The van der Waals surface area contributed by atoms with Crippen LogP contribution in [0.15, 0.2) is 16.3 Å². The van der Waals surface area contributed by atoms with Crippen LogP contribution in [0.5, 0.6) is 0 Å². The van der Waals surface area contributed by atoms with Crippen molar-refractivity contribution in [2.24, 2.45) is 10.9 Å². The van der Waals surface area contributed by atoms with Gasteiger partial charge in [0.1, 0.15) is 5.70 Å². The number of carboxylic acid groups (broad SMARTS) is 1. The Morgan fingerprint density at radius 2 is 2.29 bits per heavy atom. The number of carbonyl (C=O) groups excluding carboxylic acids is 1. The molecule has 1 saturated heterocycles. The van der Waals surface area contributed by atoms with Crippen molar-refractivity contribution in [1.82, 2.24) is 4.90 Å². The lowest BCUT2D eigenvalue weighted by Gasteiger charge is -2.44. The van der Waals surface area contributed by atoms with E-state index in [-0.39, 0.29) is 17.6 Å². The van der Waals surface area contributed by atoms with E-state index < -0.39 is 18.0 Å². The van der Waals surface area contributed by atoms with Crippen LogP contribution in [0.3, 0.4) is 0 Å². The molecule has 2 N–H and O–H groups in total. The van der Waals surface area contributed by atoms with Crippen molar-refractivity contribution in [2.75, 3.05) is 7.05 Å². The minimum Gasteiger partial charge on any atom is -0.477 e. The predicted octanol–water partition coefficient (Wildman–Crippen LogP) is -0.363. The maximum atomic E-state index is 11.8. The van der Waals surface area contributed by atoms with Gasteiger partial charge in [-0.3, -0.25) is 9.79 Å². The summed E-state index contributed by atoms with van der Waals surface area (Å²) in [6.45, 7) is 1.55. The first-order chi connectivity index (χ1) is 7.99. The van der Waals surface area contributed by atoms with Crippen molar-refractivity contribution < 1.29 is 19.8 Å². The highest BCUT2D eigenvalue weighted by atomic mass is 16.4. The molecule has 17 heavy (non-hydrogen) atoms. The summed E-state index contributed by atoms with van der Waals surface area (Å²) in [6, 6.07) is -0.235. The molecule has 0 aliphatic carbocycles. The maximum Gasteiger partial charge on any atom is 0.352 e. The van der Waals surface area contributed by atoms with Crippen LogP contribution in [0, 0.1) is 5.92 Å². The molecule has 0 aromatic carbocycles. The van der Waals surface area contributed by atoms with E-state index in [4.69, 9.17) is 5.11 Å². The molecule has 92 valence electrons. The van der Waals surface area contributed by atoms with E-state index in [0.717, 1.165) is 0 Å². The lowest BCUT2D eigenvalue weighted by molar-refractivity contribution is -0.161. The van der Waals surface area contributed by atoms with Crippen molar-refractivity contribution >= 4 is 18.1 Å². The van der Waals surface area contributed by atoms with Crippen molar-refractivity contribution in [3.63, 3.8) is 0 Å². The van der Waals surface area contributed by atoms with Gasteiger partial charge in [0.2, 0.25) is 5.91 Å². The number of amides is 1. The number of hydrogen-bond donors (Lipinski definition) is 2. The zero-order valence-electron chi connectivity index (χ0n) is 9.62. The molecule has 0 aromatic heterocycles. The molecule has 1 fully saturated rings. The third kappa shape index (κ3) is 1.56. The molecule has 3 atom stereocenters. The van der Waals surface area contributed by atoms with Gasteiger partial charge in [-0.25, -0.2) is 4.79 Å². The fourth-order valence-electron chi connectivity index (χ4n) is 2.58. The Balaban J connectivity index is 2.33. The molecular weight excluding hydrogens is 224 g/mol. The molecule has 2 heterocycles. The molecule has 0 aromatic rings. The highest BCUT2D eigenvalue weighted by molar-refractivity contribution is 6.04. The summed E-state index contributed by atoms with van der Waals surface area (Å²) < 4.78 is 0. The number of carboxylic acids is 1. The number of fused-ring (bicyclic) bond motifs is 1. The second-order valence-corrected chi connectivity index (χ2v) is 4.31. The van der Waals surface area contributed by atoms with E-state index in [1.807, 2.05) is 0 Å². The normalized spacial score (nSPS) is 29.6. The van der Waals surface area contributed by atoms with Crippen LogP contribution in [0.2, 0.25) is 0 Å². The van der Waals surface area contributed by atoms with Gasteiger partial charge in [0, 0.05) is 18.8 Å². The standard InChI is InChI=1S/C11H14N2O4/c1-5(14)8-7-3-6(4-12-2)9(11(16)17)13(7)10(8)15/h4-5,7-8,14H,3H2,1-2H3,(H,16,17)/t5-,7-,8-/m1/s1. The lowest BCUT2D eigenvalue weighted by atomic mass is 9.83. The Morgan fingerprint density at radius 3 is 2.76 bits per heavy atom. The minimum absolute atomic E-state index is 0.00231. The van der Waals surface area contributed by atoms with Crippen LogP contribution < -0.4 is 0 Å². The Morgan fingerprint density at radius 1 is 1.65 bits per heavy atom. The zero-order chi connectivity index (χ0) is 12.7. The molecule has 6 nitrogen and oxygen atoms in total. The van der Waals surface area contributed by atoms with Gasteiger partial charge >= 0.3 is 5.97 Å². The van der Waals surface area contributed by atoms with Crippen LogP contribution in [0.25, 0.3) is 0 Å². The first kappa shape index (κ1) is 11.8. The largest absolute Gasteiger partial charge is 0.477 e. The van der Waals surface area contributed by atoms with Crippen molar-refractivity contribution in [3.8, 4) is 0 Å². The topological polar surface area (TPSA) is 90.2 Å². The number of hydrogen-bond acceptors (Lipinski definition) is 4. The summed E-state index contributed by atoms with van der Waals surface area (Å²) in [4.78, 5) is 28.0. The smallest absolute Gasteiger partial charge is 0.352 e. The molecule has 0 spiro atoms. The average molecular weight is 238 g/mol. The van der Waals surface area contributed by atoms with E-state index in [1.165, 1.54) is 11.1 Å². The number of aliphatic carboxylic acids is 1. The molecule has 0 radical (unpaired) electrons. The molecule has 2 aliphatic rings. The third-order valence-corrected chi connectivity index (χ3v) is 3.25. The van der Waals surface area contributed by atoms with Crippen molar-refractivity contribution in [2.45, 2.75) is 25.5 Å². The van der Waals surface area contributed by atoms with Gasteiger partial charge in [-0.05, 0) is 13.3 Å². The molecule has 1 amide bonds. The molecule has 0 unspecified atom stereocenters. The van der Waals surface area contributed by atoms with E-state index in [2.05, 4.69) is 4.99 Å². The number of carbonyl (C=O) groups is 2. The average Bonchev–Trinajstić information content (AvgIpc) is 2.53. The summed E-state index contributed by atoms with van der Waals surface area (Å²) >= 11 is 0. The van der Waals surface area contributed by atoms with E-state index in [0.29, 0.717) is 12.0 Å². The summed E-state index contributed by atoms with van der Waals surface area (Å²) in [7, 11) is 1.55. The second kappa shape index (κ2) is 3.96. The van der Waals surface area contributed by atoms with Crippen LogP contribution >= 0.6 is 0 Å². The number of nitrogens with zero attached hydrogens (tertiary/aromatic N) is 2. The molecule has 2 aliphatic heterocycles. The highest BCUT2D eigenvalue weighted by Gasteiger charge is 2.56. The molecule has 0 saturated carbocycles. The Hall–Kier alpha value is -1.69. The summed E-state index contributed by atoms with van der Waals surface area (Å²) in [6.07, 6.45) is 1.16. The van der Waals surface area contributed by atoms with Crippen molar-refractivity contribution in [3.05, 3.63) is 11.3 Å². The maximum absolute atomic E-state index is 11.8. The van der Waals surface area contributed by atoms with E-state index >= 15 is 0 Å². The number of aliphatic hydroxyl groups is 1. The molecular formula is C11H14N2O4. The molecule has 0 bridgehead atoms. The summed E-state index contributed by atoms with van der Waals surface area (Å²) in [5.41, 5.74) is 0.545. The van der Waals surface area contributed by atoms with Crippen molar-refractivity contribution in [1.29, 1.82) is 0 Å². The van der Waals surface area contributed by atoms with Crippen LogP contribution in [0.1, 0.15) is 13.3 Å². The summed E-state index contributed by atoms with van der Waals surface area (Å²) in [5, 5.41) is 18.6. The van der Waals surface area contributed by atoms with E-state index in [9.17, 15) is 14.7 Å². The number of aliphatic imine (C=N–C) groups is 1.